The molecule has 37 heavy (non-hydrogen) atoms. The van der Waals surface area contributed by atoms with Crippen molar-refractivity contribution >= 4 is 23.2 Å². The minimum atomic E-state index is -4.72. The van der Waals surface area contributed by atoms with E-state index in [1.165, 1.54) is 24.3 Å². The fourth-order valence-corrected chi connectivity index (χ4v) is 4.52. The monoisotopic (exact) mass is 504 g/mol. The van der Waals surface area contributed by atoms with E-state index in [1.54, 1.807) is 12.4 Å². The third kappa shape index (κ3) is 5.51. The number of alkyl halides is 3. The molecule has 0 amide bonds. The molecule has 5 rings (SSSR count). The Bertz CT molecular complexity index is 1390. The van der Waals surface area contributed by atoms with Crippen molar-refractivity contribution in [1.29, 1.82) is 5.26 Å². The van der Waals surface area contributed by atoms with E-state index in [4.69, 9.17) is 0 Å². The van der Waals surface area contributed by atoms with Crippen LogP contribution in [0.3, 0.4) is 0 Å². The van der Waals surface area contributed by atoms with Crippen molar-refractivity contribution in [2.24, 2.45) is 0 Å². The van der Waals surface area contributed by atoms with Gasteiger partial charge in [0.25, 0.3) is 0 Å². The molecule has 1 aliphatic carbocycles. The van der Waals surface area contributed by atoms with Crippen LogP contribution in [0.25, 0.3) is 11.6 Å². The van der Waals surface area contributed by atoms with Crippen molar-refractivity contribution in [3.63, 3.8) is 0 Å². The maximum absolute atomic E-state index is 12.4. The number of rotatable bonds is 6. The van der Waals surface area contributed by atoms with E-state index < -0.39 is 6.36 Å². The third-order valence-corrected chi connectivity index (χ3v) is 6.32. The second-order valence-corrected chi connectivity index (χ2v) is 8.71. The molecule has 1 fully saturated rings. The Balaban J connectivity index is 1.22. The Labute approximate surface area is 212 Å². The predicted molar refractivity (Wildman–Crippen MR) is 134 cm³/mol. The first-order valence-electron chi connectivity index (χ1n) is 11.7. The molecule has 2 aromatic carbocycles. The summed E-state index contributed by atoms with van der Waals surface area (Å²) >= 11 is 0. The lowest BCUT2D eigenvalue weighted by molar-refractivity contribution is -0.274. The van der Waals surface area contributed by atoms with E-state index in [9.17, 15) is 18.4 Å². The molecule has 3 aromatic rings. The quantitative estimate of drug-likeness (QED) is 0.504. The van der Waals surface area contributed by atoms with Crippen LogP contribution in [0, 0.1) is 11.3 Å². The summed E-state index contributed by atoms with van der Waals surface area (Å²) in [5.41, 5.74) is 5.33. The lowest BCUT2D eigenvalue weighted by atomic mass is 10.0. The van der Waals surface area contributed by atoms with Crippen LogP contribution in [0.5, 0.6) is 5.75 Å². The number of fused-ring (bicyclic) bond motifs is 1. The van der Waals surface area contributed by atoms with Gasteiger partial charge in [-0.1, -0.05) is 18.7 Å². The van der Waals surface area contributed by atoms with Gasteiger partial charge in [0.1, 0.15) is 17.9 Å². The summed E-state index contributed by atoms with van der Waals surface area (Å²) in [6.45, 7) is 6.92. The average Bonchev–Trinajstić information content (AvgIpc) is 3.34. The highest BCUT2D eigenvalue weighted by Crippen LogP contribution is 2.35. The van der Waals surface area contributed by atoms with Crippen LogP contribution >= 0.6 is 0 Å². The zero-order chi connectivity index (χ0) is 26.0. The molecule has 0 spiro atoms. The number of anilines is 2. The molecular weight excluding hydrogens is 481 g/mol. The Morgan fingerprint density at radius 1 is 1.05 bits per heavy atom. The smallest absolute Gasteiger partial charge is 0.406 e. The fourth-order valence-electron chi connectivity index (χ4n) is 4.52. The van der Waals surface area contributed by atoms with E-state index in [1.807, 2.05) is 18.2 Å². The standard InChI is InChI=1S/C27H23F3N6O/c1-18(34-22-5-7-23(8-6-22)37-27(28,29)30)35-9-11-36(12-10-35)26-24-14-21(15-25(24)32-17-33-26)20-4-2-3-19(13-20)16-31/h2-8,13-14,17,34H,1,9-12,15H2. The summed E-state index contributed by atoms with van der Waals surface area (Å²) in [6, 6.07) is 15.3. The number of nitriles is 1. The van der Waals surface area contributed by atoms with Crippen molar-refractivity contribution in [1.82, 2.24) is 14.9 Å². The van der Waals surface area contributed by atoms with Crippen LogP contribution in [0.2, 0.25) is 0 Å². The van der Waals surface area contributed by atoms with Gasteiger partial charge in [-0.15, -0.1) is 13.2 Å². The molecule has 10 heteroatoms. The summed E-state index contributed by atoms with van der Waals surface area (Å²) in [7, 11) is 0. The molecule has 0 atom stereocenters. The van der Waals surface area contributed by atoms with Gasteiger partial charge >= 0.3 is 6.36 Å². The van der Waals surface area contributed by atoms with Crippen LogP contribution in [0.4, 0.5) is 24.7 Å². The minimum Gasteiger partial charge on any atom is -0.406 e. The highest BCUT2D eigenvalue weighted by Gasteiger charge is 2.31. The Hall–Kier alpha value is -4.52. The van der Waals surface area contributed by atoms with Gasteiger partial charge in [0.05, 0.1) is 23.1 Å². The number of hydrogen-bond donors (Lipinski definition) is 1. The predicted octanol–water partition coefficient (Wildman–Crippen LogP) is 5.05. The highest BCUT2D eigenvalue weighted by atomic mass is 19.4. The first kappa shape index (κ1) is 24.2. The van der Waals surface area contributed by atoms with Gasteiger partial charge in [0.15, 0.2) is 0 Å². The van der Waals surface area contributed by atoms with Gasteiger partial charge in [0.2, 0.25) is 0 Å². The van der Waals surface area contributed by atoms with Crippen LogP contribution < -0.4 is 15.0 Å². The molecule has 7 nitrogen and oxygen atoms in total. The van der Waals surface area contributed by atoms with Gasteiger partial charge in [-0.3, -0.25) is 0 Å². The summed E-state index contributed by atoms with van der Waals surface area (Å²) in [5, 5.41) is 12.4. The van der Waals surface area contributed by atoms with Gasteiger partial charge in [0, 0.05) is 43.9 Å². The van der Waals surface area contributed by atoms with Crippen LogP contribution in [-0.4, -0.2) is 47.4 Å². The molecule has 0 saturated carbocycles. The van der Waals surface area contributed by atoms with Gasteiger partial charge in [-0.05, 0) is 53.6 Å². The Morgan fingerprint density at radius 2 is 1.81 bits per heavy atom. The number of aromatic nitrogens is 2. The van der Waals surface area contributed by atoms with Crippen molar-refractivity contribution in [3.8, 4) is 11.8 Å². The second kappa shape index (κ2) is 9.85. The zero-order valence-electron chi connectivity index (χ0n) is 19.8. The maximum Gasteiger partial charge on any atom is 0.573 e. The molecule has 0 unspecified atom stereocenters. The van der Waals surface area contributed by atoms with E-state index in [2.05, 4.69) is 48.5 Å². The van der Waals surface area contributed by atoms with Crippen molar-refractivity contribution < 1.29 is 17.9 Å². The van der Waals surface area contributed by atoms with Gasteiger partial charge < -0.3 is 19.9 Å². The number of piperazine rings is 1. The number of benzene rings is 2. The van der Waals surface area contributed by atoms with Crippen molar-refractivity contribution in [2.45, 2.75) is 12.8 Å². The largest absolute Gasteiger partial charge is 0.573 e. The Kier molecular flexibility index (Phi) is 6.44. The van der Waals surface area contributed by atoms with Crippen molar-refractivity contribution in [3.05, 3.63) is 89.6 Å². The van der Waals surface area contributed by atoms with E-state index >= 15 is 0 Å². The molecule has 0 bridgehead atoms. The molecule has 1 N–H and O–H groups in total. The van der Waals surface area contributed by atoms with Crippen molar-refractivity contribution in [2.75, 3.05) is 36.4 Å². The average molecular weight is 505 g/mol. The summed E-state index contributed by atoms with van der Waals surface area (Å²) in [5.74, 6) is 1.27. The summed E-state index contributed by atoms with van der Waals surface area (Å²) in [6.07, 6.45) is -0.328. The molecule has 1 aliphatic heterocycles. The Morgan fingerprint density at radius 3 is 2.51 bits per heavy atom. The zero-order valence-corrected chi connectivity index (χ0v) is 19.8. The van der Waals surface area contributed by atoms with E-state index in [-0.39, 0.29) is 5.75 Å². The van der Waals surface area contributed by atoms with E-state index in [0.717, 1.165) is 41.3 Å². The SMILES string of the molecule is C=C(Nc1ccc(OC(F)(F)F)cc1)N1CCN(c2ncnc3c2C=C(c2cccc(C#N)c2)C3)CC1. The number of hydrogen-bond acceptors (Lipinski definition) is 7. The molecule has 1 saturated heterocycles. The molecule has 1 aromatic heterocycles. The normalized spacial score (nSPS) is 15.0. The third-order valence-electron chi connectivity index (χ3n) is 6.32. The molecule has 0 radical (unpaired) electrons. The molecule has 188 valence electrons. The number of nitrogens with one attached hydrogen (secondary N) is 1. The lowest BCUT2D eigenvalue weighted by Gasteiger charge is -2.38. The molecular formula is C27H23F3N6O. The number of ether oxygens (including phenoxy) is 1. The first-order valence-corrected chi connectivity index (χ1v) is 11.7. The lowest BCUT2D eigenvalue weighted by Crippen LogP contribution is -2.47. The number of halogens is 3. The van der Waals surface area contributed by atoms with Crippen LogP contribution in [0.1, 0.15) is 22.4 Å². The van der Waals surface area contributed by atoms with E-state index in [0.29, 0.717) is 36.6 Å². The minimum absolute atomic E-state index is 0.273. The van der Waals surface area contributed by atoms with Gasteiger partial charge in [-0.25, -0.2) is 9.97 Å². The first-order chi connectivity index (χ1) is 17.8. The number of allylic oxidation sites excluding steroid dienone is 1. The summed E-state index contributed by atoms with van der Waals surface area (Å²) in [4.78, 5) is 13.4. The topological polar surface area (TPSA) is 77.3 Å². The fraction of sp³-hybridized carbons (Fsp3) is 0.222. The summed E-state index contributed by atoms with van der Waals surface area (Å²) < 4.78 is 41.0. The molecule has 2 heterocycles. The van der Waals surface area contributed by atoms with Crippen LogP contribution in [0.15, 0.2) is 67.3 Å². The number of nitrogens with zero attached hydrogens (tertiary/aromatic N) is 5. The second-order valence-electron chi connectivity index (χ2n) is 8.71. The van der Waals surface area contributed by atoms with Gasteiger partial charge in [-0.2, -0.15) is 5.26 Å². The van der Waals surface area contributed by atoms with Crippen LogP contribution in [-0.2, 0) is 6.42 Å². The molecule has 2 aliphatic rings. The maximum atomic E-state index is 12.4. The highest BCUT2D eigenvalue weighted by molar-refractivity contribution is 5.91.